The van der Waals surface area contributed by atoms with E-state index in [-0.39, 0.29) is 24.8 Å². The number of aliphatic hydroxyl groups is 1. The van der Waals surface area contributed by atoms with E-state index in [1.165, 1.54) is 4.90 Å². The van der Waals surface area contributed by atoms with E-state index in [9.17, 15) is 14.7 Å². The van der Waals surface area contributed by atoms with Gasteiger partial charge in [0.05, 0.1) is 18.6 Å². The van der Waals surface area contributed by atoms with Crippen LogP contribution in [-0.4, -0.2) is 41.0 Å². The van der Waals surface area contributed by atoms with Gasteiger partial charge >= 0.3 is 0 Å². The Morgan fingerprint density at radius 3 is 2.74 bits per heavy atom. The maximum atomic E-state index is 12.2. The summed E-state index contributed by atoms with van der Waals surface area (Å²) >= 11 is 0. The molecular formula is C18H22N2O3. The van der Waals surface area contributed by atoms with E-state index >= 15 is 0 Å². The molecule has 5 nitrogen and oxygen atoms in total. The van der Waals surface area contributed by atoms with Crippen LogP contribution in [0.25, 0.3) is 0 Å². The van der Waals surface area contributed by atoms with Crippen LogP contribution in [0.3, 0.4) is 0 Å². The highest BCUT2D eigenvalue weighted by molar-refractivity contribution is 5.94. The Hall–Kier alpha value is -2.32. The smallest absolute Gasteiger partial charge is 0.243 e. The van der Waals surface area contributed by atoms with E-state index < -0.39 is 5.60 Å². The lowest BCUT2D eigenvalue weighted by Crippen LogP contribution is -2.39. The van der Waals surface area contributed by atoms with Gasteiger partial charge in [0, 0.05) is 18.3 Å². The first-order chi connectivity index (χ1) is 10.9. The number of benzene rings is 1. The molecule has 2 rings (SSSR count). The number of carbonyl (C=O) groups is 2. The van der Waals surface area contributed by atoms with Crippen molar-refractivity contribution in [2.45, 2.75) is 37.7 Å². The van der Waals surface area contributed by atoms with Crippen LogP contribution in [0.2, 0.25) is 0 Å². The number of terminal acetylenes is 1. The molecule has 0 heterocycles. The zero-order chi connectivity index (χ0) is 16.9. The normalized spacial score (nSPS) is 15.7. The molecule has 1 fully saturated rings. The van der Waals surface area contributed by atoms with Crippen molar-refractivity contribution < 1.29 is 14.7 Å². The second-order valence-corrected chi connectivity index (χ2v) is 6.13. The Labute approximate surface area is 136 Å². The lowest BCUT2D eigenvalue weighted by atomic mass is 9.97. The van der Waals surface area contributed by atoms with E-state index in [2.05, 4.69) is 11.2 Å². The second kappa shape index (κ2) is 7.30. The molecule has 0 bridgehead atoms. The highest BCUT2D eigenvalue weighted by atomic mass is 16.3. The van der Waals surface area contributed by atoms with Gasteiger partial charge in [-0.25, -0.2) is 0 Å². The van der Waals surface area contributed by atoms with E-state index in [0.29, 0.717) is 24.1 Å². The Balaban J connectivity index is 1.86. The first kappa shape index (κ1) is 17.0. The Kier molecular flexibility index (Phi) is 5.41. The van der Waals surface area contributed by atoms with Crippen molar-refractivity contribution in [3.8, 4) is 12.3 Å². The standard InChI is InChI=1S/C18H22N2O3/c1-3-14-7-6-8-15(11-14)19-16(21)13-20(2)17(22)12-18(23)9-4-5-10-18/h1,6-8,11,23H,4-5,9-10,12-13H2,2H3,(H,19,21). The third-order valence-electron chi connectivity index (χ3n) is 4.13. The number of amides is 2. The Bertz CT molecular complexity index is 627. The topological polar surface area (TPSA) is 69.6 Å². The van der Waals surface area contributed by atoms with Crippen LogP contribution < -0.4 is 5.32 Å². The first-order valence-corrected chi connectivity index (χ1v) is 7.75. The summed E-state index contributed by atoms with van der Waals surface area (Å²) in [4.78, 5) is 25.5. The summed E-state index contributed by atoms with van der Waals surface area (Å²) in [6.07, 6.45) is 8.58. The quantitative estimate of drug-likeness (QED) is 0.814. The van der Waals surface area contributed by atoms with Crippen molar-refractivity contribution in [3.05, 3.63) is 29.8 Å². The number of likely N-dealkylation sites (N-methyl/N-ethyl adjacent to an activating group) is 1. The zero-order valence-electron chi connectivity index (χ0n) is 13.3. The van der Waals surface area contributed by atoms with Gasteiger partial charge in [0.2, 0.25) is 11.8 Å². The third-order valence-corrected chi connectivity index (χ3v) is 4.13. The van der Waals surface area contributed by atoms with E-state index in [1.807, 2.05) is 0 Å². The predicted octanol–water partition coefficient (Wildman–Crippen LogP) is 1.76. The zero-order valence-corrected chi connectivity index (χ0v) is 13.3. The van der Waals surface area contributed by atoms with E-state index in [1.54, 1.807) is 31.3 Å². The summed E-state index contributed by atoms with van der Waals surface area (Å²) in [5.74, 6) is 1.98. The molecule has 0 aliphatic heterocycles. The Morgan fingerprint density at radius 2 is 2.09 bits per heavy atom. The number of nitrogens with zero attached hydrogens (tertiary/aromatic N) is 1. The number of hydrogen-bond acceptors (Lipinski definition) is 3. The van der Waals surface area contributed by atoms with Gasteiger partial charge in [0.15, 0.2) is 0 Å². The lowest BCUT2D eigenvalue weighted by Gasteiger charge is -2.25. The van der Waals surface area contributed by atoms with Crippen LogP contribution in [0.1, 0.15) is 37.7 Å². The van der Waals surface area contributed by atoms with Crippen LogP contribution in [-0.2, 0) is 9.59 Å². The molecule has 0 atom stereocenters. The average molecular weight is 314 g/mol. The van der Waals surface area contributed by atoms with Crippen LogP contribution >= 0.6 is 0 Å². The maximum absolute atomic E-state index is 12.2. The summed E-state index contributed by atoms with van der Waals surface area (Å²) < 4.78 is 0. The minimum absolute atomic E-state index is 0.0603. The van der Waals surface area contributed by atoms with Crippen molar-refractivity contribution in [3.63, 3.8) is 0 Å². The summed E-state index contributed by atoms with van der Waals surface area (Å²) in [6, 6.07) is 6.96. The highest BCUT2D eigenvalue weighted by Gasteiger charge is 2.34. The number of nitrogens with one attached hydrogen (secondary N) is 1. The Morgan fingerprint density at radius 1 is 1.39 bits per heavy atom. The van der Waals surface area contributed by atoms with Crippen molar-refractivity contribution in [1.82, 2.24) is 4.90 Å². The predicted molar refractivity (Wildman–Crippen MR) is 88.7 cm³/mol. The molecule has 1 aliphatic rings. The van der Waals surface area contributed by atoms with Gasteiger partial charge in [-0.05, 0) is 31.0 Å². The summed E-state index contributed by atoms with van der Waals surface area (Å²) in [6.45, 7) is -0.0603. The van der Waals surface area contributed by atoms with Crippen LogP contribution in [0, 0.1) is 12.3 Å². The molecule has 0 spiro atoms. The second-order valence-electron chi connectivity index (χ2n) is 6.13. The highest BCUT2D eigenvalue weighted by Crippen LogP contribution is 2.32. The molecule has 0 aromatic heterocycles. The SMILES string of the molecule is C#Cc1cccc(NC(=O)CN(C)C(=O)CC2(O)CCCC2)c1. The number of anilines is 1. The molecule has 1 saturated carbocycles. The fourth-order valence-corrected chi connectivity index (χ4v) is 2.82. The molecule has 5 heteroatoms. The minimum atomic E-state index is -0.900. The molecule has 1 aromatic carbocycles. The summed E-state index contributed by atoms with van der Waals surface area (Å²) in [7, 11) is 1.57. The summed E-state index contributed by atoms with van der Waals surface area (Å²) in [5.41, 5.74) is 0.375. The molecule has 1 aromatic rings. The fraction of sp³-hybridized carbons (Fsp3) is 0.444. The molecule has 122 valence electrons. The van der Waals surface area contributed by atoms with Gasteiger partial charge in [-0.2, -0.15) is 0 Å². The molecule has 0 saturated heterocycles. The molecule has 2 N–H and O–H groups in total. The maximum Gasteiger partial charge on any atom is 0.243 e. The van der Waals surface area contributed by atoms with Gasteiger partial charge in [0.25, 0.3) is 0 Å². The van der Waals surface area contributed by atoms with Gasteiger partial charge < -0.3 is 15.3 Å². The van der Waals surface area contributed by atoms with Crippen molar-refractivity contribution in [2.24, 2.45) is 0 Å². The molecule has 2 amide bonds. The minimum Gasteiger partial charge on any atom is -0.389 e. The van der Waals surface area contributed by atoms with E-state index in [4.69, 9.17) is 6.42 Å². The lowest BCUT2D eigenvalue weighted by molar-refractivity contribution is -0.137. The van der Waals surface area contributed by atoms with Gasteiger partial charge in [0.1, 0.15) is 0 Å². The molecule has 0 unspecified atom stereocenters. The average Bonchev–Trinajstić information content (AvgIpc) is 2.93. The fourth-order valence-electron chi connectivity index (χ4n) is 2.82. The van der Waals surface area contributed by atoms with Gasteiger partial charge in [-0.15, -0.1) is 6.42 Å². The number of carbonyl (C=O) groups excluding carboxylic acids is 2. The van der Waals surface area contributed by atoms with Crippen molar-refractivity contribution in [2.75, 3.05) is 18.9 Å². The summed E-state index contributed by atoms with van der Waals surface area (Å²) in [5, 5.41) is 13.0. The number of hydrogen-bond donors (Lipinski definition) is 2. The van der Waals surface area contributed by atoms with Gasteiger partial charge in [-0.1, -0.05) is 24.8 Å². The molecule has 1 aliphatic carbocycles. The monoisotopic (exact) mass is 314 g/mol. The third kappa shape index (κ3) is 4.83. The molecule has 0 radical (unpaired) electrons. The van der Waals surface area contributed by atoms with Crippen LogP contribution in [0.5, 0.6) is 0 Å². The number of rotatable bonds is 5. The van der Waals surface area contributed by atoms with Crippen molar-refractivity contribution in [1.29, 1.82) is 0 Å². The van der Waals surface area contributed by atoms with Crippen LogP contribution in [0.15, 0.2) is 24.3 Å². The molecular weight excluding hydrogens is 292 g/mol. The van der Waals surface area contributed by atoms with Crippen LogP contribution in [0.4, 0.5) is 5.69 Å². The van der Waals surface area contributed by atoms with Gasteiger partial charge in [-0.3, -0.25) is 9.59 Å². The molecule has 23 heavy (non-hydrogen) atoms. The van der Waals surface area contributed by atoms with E-state index in [0.717, 1.165) is 12.8 Å². The first-order valence-electron chi connectivity index (χ1n) is 7.75. The largest absolute Gasteiger partial charge is 0.389 e. The van der Waals surface area contributed by atoms with Crippen molar-refractivity contribution >= 4 is 17.5 Å².